The van der Waals surface area contributed by atoms with Crippen LogP contribution in [-0.2, 0) is 0 Å². The van der Waals surface area contributed by atoms with E-state index < -0.39 is 0 Å². The second kappa shape index (κ2) is 11.0. The first-order valence-electron chi connectivity index (χ1n) is 16.7. The molecule has 2 heterocycles. The van der Waals surface area contributed by atoms with Crippen molar-refractivity contribution < 1.29 is 4.42 Å². The summed E-state index contributed by atoms with van der Waals surface area (Å²) in [7, 11) is 0. The molecule has 0 atom stereocenters. The molecule has 2 heteroatoms. The fourth-order valence-corrected chi connectivity index (χ4v) is 7.53. The standard InChI is InChI=1S/C47H29NO/c1-2-10-30(11-3-1)31-18-20-32(21-19-31)46-37-14-6-8-16-39(37)47(40-17-9-7-15-38(40)46)43-24-22-36(29-48-43)35-23-25-44-41(27-35)42-26-33-12-4-5-13-34(33)28-45(42)49-44/h1-29H. The van der Waals surface area contributed by atoms with E-state index in [1.54, 1.807) is 0 Å². The van der Waals surface area contributed by atoms with Crippen LogP contribution < -0.4 is 0 Å². The Kier molecular flexibility index (Phi) is 6.22. The van der Waals surface area contributed by atoms with Crippen molar-refractivity contribution >= 4 is 54.3 Å². The predicted octanol–water partition coefficient (Wildman–Crippen LogP) is 13.1. The number of hydrogen-bond acceptors (Lipinski definition) is 2. The summed E-state index contributed by atoms with van der Waals surface area (Å²) in [5, 5.41) is 9.48. The van der Waals surface area contributed by atoms with Gasteiger partial charge in [0.25, 0.3) is 0 Å². The molecule has 0 saturated heterocycles. The average Bonchev–Trinajstić information content (AvgIpc) is 3.53. The van der Waals surface area contributed by atoms with E-state index in [0.29, 0.717) is 0 Å². The number of pyridine rings is 1. The van der Waals surface area contributed by atoms with Crippen LogP contribution in [0.4, 0.5) is 0 Å². The molecule has 0 saturated carbocycles. The molecule has 2 nitrogen and oxygen atoms in total. The van der Waals surface area contributed by atoms with Crippen molar-refractivity contribution in [3.8, 4) is 44.6 Å². The van der Waals surface area contributed by atoms with Gasteiger partial charge in [0.05, 0.1) is 5.69 Å². The van der Waals surface area contributed by atoms with Crippen molar-refractivity contribution in [2.75, 3.05) is 0 Å². The van der Waals surface area contributed by atoms with Gasteiger partial charge in [0, 0.05) is 28.1 Å². The number of rotatable bonds is 4. The molecule has 228 valence electrons. The van der Waals surface area contributed by atoms with Gasteiger partial charge < -0.3 is 4.42 Å². The minimum absolute atomic E-state index is 0.895. The van der Waals surface area contributed by atoms with Gasteiger partial charge in [-0.25, -0.2) is 0 Å². The first-order chi connectivity index (χ1) is 24.3. The van der Waals surface area contributed by atoms with Crippen molar-refractivity contribution in [1.29, 1.82) is 0 Å². The highest BCUT2D eigenvalue weighted by Crippen LogP contribution is 2.44. The lowest BCUT2D eigenvalue weighted by molar-refractivity contribution is 0.669. The Morgan fingerprint density at radius 2 is 0.857 bits per heavy atom. The highest BCUT2D eigenvalue weighted by molar-refractivity contribution is 6.21. The largest absolute Gasteiger partial charge is 0.456 e. The van der Waals surface area contributed by atoms with E-state index in [2.05, 4.69) is 170 Å². The third-order valence-corrected chi connectivity index (χ3v) is 9.90. The molecule has 49 heavy (non-hydrogen) atoms. The van der Waals surface area contributed by atoms with Crippen LogP contribution in [0.3, 0.4) is 0 Å². The first kappa shape index (κ1) is 27.6. The van der Waals surface area contributed by atoms with Gasteiger partial charge in [-0.05, 0) is 90.5 Å². The molecule has 0 aliphatic carbocycles. The van der Waals surface area contributed by atoms with Gasteiger partial charge in [-0.3, -0.25) is 4.98 Å². The number of aromatic nitrogens is 1. The van der Waals surface area contributed by atoms with Crippen LogP contribution in [0, 0.1) is 0 Å². The summed E-state index contributed by atoms with van der Waals surface area (Å²) >= 11 is 0. The second-order valence-electron chi connectivity index (χ2n) is 12.7. The van der Waals surface area contributed by atoms with E-state index in [1.807, 2.05) is 6.20 Å². The average molecular weight is 624 g/mol. The van der Waals surface area contributed by atoms with Gasteiger partial charge in [0.2, 0.25) is 0 Å². The molecule has 10 rings (SSSR count). The molecule has 0 bridgehead atoms. The smallest absolute Gasteiger partial charge is 0.136 e. The van der Waals surface area contributed by atoms with Crippen LogP contribution >= 0.6 is 0 Å². The molecule has 0 fully saturated rings. The maximum absolute atomic E-state index is 6.26. The molecular weight excluding hydrogens is 595 g/mol. The van der Waals surface area contributed by atoms with Crippen molar-refractivity contribution in [3.63, 3.8) is 0 Å². The topological polar surface area (TPSA) is 26.0 Å². The molecule has 0 radical (unpaired) electrons. The molecule has 0 N–H and O–H groups in total. The second-order valence-corrected chi connectivity index (χ2v) is 12.7. The van der Waals surface area contributed by atoms with Gasteiger partial charge in [0.1, 0.15) is 11.2 Å². The van der Waals surface area contributed by atoms with Crippen molar-refractivity contribution in [2.24, 2.45) is 0 Å². The summed E-state index contributed by atoms with van der Waals surface area (Å²) in [5.41, 5.74) is 11.0. The van der Waals surface area contributed by atoms with Crippen molar-refractivity contribution in [2.45, 2.75) is 0 Å². The van der Waals surface area contributed by atoms with Gasteiger partial charge in [-0.1, -0.05) is 140 Å². The summed E-state index contributed by atoms with van der Waals surface area (Å²) in [6.45, 7) is 0. The van der Waals surface area contributed by atoms with E-state index in [9.17, 15) is 0 Å². The zero-order chi connectivity index (χ0) is 32.3. The lowest BCUT2D eigenvalue weighted by Crippen LogP contribution is -1.92. The van der Waals surface area contributed by atoms with Crippen LogP contribution in [0.2, 0.25) is 0 Å². The minimum atomic E-state index is 0.895. The van der Waals surface area contributed by atoms with Crippen molar-refractivity contribution in [1.82, 2.24) is 4.98 Å². The molecule has 0 amide bonds. The molecule has 0 aliphatic heterocycles. The number of nitrogens with zero attached hydrogens (tertiary/aromatic N) is 1. The maximum atomic E-state index is 6.26. The quantitative estimate of drug-likeness (QED) is 0.182. The lowest BCUT2D eigenvalue weighted by Gasteiger charge is -2.17. The Morgan fingerprint density at radius 1 is 0.327 bits per heavy atom. The highest BCUT2D eigenvalue weighted by Gasteiger charge is 2.18. The summed E-state index contributed by atoms with van der Waals surface area (Å²) in [5.74, 6) is 0. The molecule has 2 aromatic heterocycles. The fourth-order valence-electron chi connectivity index (χ4n) is 7.53. The minimum Gasteiger partial charge on any atom is -0.456 e. The highest BCUT2D eigenvalue weighted by atomic mass is 16.3. The van der Waals surface area contributed by atoms with Crippen LogP contribution in [0.1, 0.15) is 0 Å². The summed E-state index contributed by atoms with van der Waals surface area (Å²) in [4.78, 5) is 5.12. The van der Waals surface area contributed by atoms with E-state index in [0.717, 1.165) is 44.3 Å². The zero-order valence-electron chi connectivity index (χ0n) is 26.6. The number of fused-ring (bicyclic) bond motifs is 6. The van der Waals surface area contributed by atoms with Gasteiger partial charge in [-0.15, -0.1) is 0 Å². The van der Waals surface area contributed by atoms with Gasteiger partial charge in [0.15, 0.2) is 0 Å². The SMILES string of the molecule is c1ccc(-c2ccc(-c3c4ccccc4c(-c4ccc(-c5ccc6oc7cc8ccccc8cc7c6c5)cn4)c4ccccc34)cc2)cc1. The van der Waals surface area contributed by atoms with Crippen LogP contribution in [0.15, 0.2) is 180 Å². The molecular formula is C47H29NO. The molecule has 0 unspecified atom stereocenters. The normalized spacial score (nSPS) is 11.7. The molecule has 0 aliphatic rings. The van der Waals surface area contributed by atoms with Gasteiger partial charge in [-0.2, -0.15) is 0 Å². The Labute approximate surface area is 283 Å². The van der Waals surface area contributed by atoms with Crippen molar-refractivity contribution in [3.05, 3.63) is 176 Å². The van der Waals surface area contributed by atoms with E-state index in [4.69, 9.17) is 9.40 Å². The first-order valence-corrected chi connectivity index (χ1v) is 16.7. The fraction of sp³-hybridized carbons (Fsp3) is 0. The Bertz CT molecular complexity index is 2790. The molecule has 0 spiro atoms. The number of benzene rings is 8. The number of furan rings is 1. The lowest BCUT2D eigenvalue weighted by atomic mass is 9.87. The summed E-state index contributed by atoms with van der Waals surface area (Å²) in [6, 6.07) is 60.6. The Hall–Kier alpha value is -6.51. The molecule has 10 aromatic rings. The van der Waals surface area contributed by atoms with E-state index >= 15 is 0 Å². The van der Waals surface area contributed by atoms with E-state index in [-0.39, 0.29) is 0 Å². The zero-order valence-corrected chi connectivity index (χ0v) is 26.6. The third-order valence-electron chi connectivity index (χ3n) is 9.90. The van der Waals surface area contributed by atoms with Crippen LogP contribution in [0.5, 0.6) is 0 Å². The van der Waals surface area contributed by atoms with Gasteiger partial charge >= 0.3 is 0 Å². The third kappa shape index (κ3) is 4.53. The Balaban J connectivity index is 1.09. The number of hydrogen-bond donors (Lipinski definition) is 0. The predicted molar refractivity (Wildman–Crippen MR) is 206 cm³/mol. The van der Waals surface area contributed by atoms with Crippen LogP contribution in [-0.4, -0.2) is 4.98 Å². The maximum Gasteiger partial charge on any atom is 0.136 e. The summed E-state index contributed by atoms with van der Waals surface area (Å²) < 4.78 is 6.26. The van der Waals surface area contributed by atoms with Crippen LogP contribution in [0.25, 0.3) is 98.9 Å². The Morgan fingerprint density at radius 3 is 1.53 bits per heavy atom. The summed E-state index contributed by atoms with van der Waals surface area (Å²) in [6.07, 6.45) is 2.01. The van der Waals surface area contributed by atoms with E-state index in [1.165, 1.54) is 54.6 Å². The monoisotopic (exact) mass is 623 g/mol. The molecule has 8 aromatic carbocycles.